The maximum atomic E-state index is 12.2. The Bertz CT molecular complexity index is 614. The van der Waals surface area contributed by atoms with E-state index < -0.39 is 21.5 Å². The molecule has 0 unspecified atom stereocenters. The molecule has 0 aliphatic carbocycles. The second-order valence-corrected chi connectivity index (χ2v) is 6.19. The van der Waals surface area contributed by atoms with E-state index in [0.717, 1.165) is 11.6 Å². The van der Waals surface area contributed by atoms with Gasteiger partial charge in [-0.25, -0.2) is 0 Å². The van der Waals surface area contributed by atoms with E-state index in [2.05, 4.69) is 9.17 Å². The molecular formula is C11H13F3N2O3S. The largest absolute Gasteiger partial charge is 0.534 e. The summed E-state index contributed by atoms with van der Waals surface area (Å²) in [6.45, 7) is 4.52. The Morgan fingerprint density at radius 2 is 2.00 bits per heavy atom. The predicted octanol–water partition coefficient (Wildman–Crippen LogP) is 2.08. The van der Waals surface area contributed by atoms with Crippen LogP contribution in [0.15, 0.2) is 12.1 Å². The van der Waals surface area contributed by atoms with Crippen LogP contribution in [0.25, 0.3) is 0 Å². The van der Waals surface area contributed by atoms with Crippen molar-refractivity contribution in [2.24, 2.45) is 0 Å². The van der Waals surface area contributed by atoms with E-state index >= 15 is 0 Å². The summed E-state index contributed by atoms with van der Waals surface area (Å²) in [6, 6.07) is 2.77. The topological polar surface area (TPSA) is 59.5 Å². The van der Waals surface area contributed by atoms with E-state index in [1.165, 1.54) is 6.07 Å². The molecule has 0 bridgehead atoms. The summed E-state index contributed by atoms with van der Waals surface area (Å²) in [7, 11) is -5.69. The van der Waals surface area contributed by atoms with Gasteiger partial charge in [0, 0.05) is 18.7 Å². The van der Waals surface area contributed by atoms with Gasteiger partial charge in [0.25, 0.3) is 0 Å². The summed E-state index contributed by atoms with van der Waals surface area (Å²) >= 11 is 0. The summed E-state index contributed by atoms with van der Waals surface area (Å²) in [4.78, 5) is 5.76. The number of nitrogens with zero attached hydrogens (tertiary/aromatic N) is 2. The second kappa shape index (κ2) is 4.80. The zero-order valence-electron chi connectivity index (χ0n) is 10.8. The fraction of sp³-hybridized carbons (Fsp3) is 0.545. The average Bonchev–Trinajstić information content (AvgIpc) is 2.69. The van der Waals surface area contributed by atoms with Crippen molar-refractivity contribution in [2.75, 3.05) is 11.4 Å². The maximum Gasteiger partial charge on any atom is 0.534 e. The average molecular weight is 310 g/mol. The number of pyridine rings is 1. The molecule has 0 saturated heterocycles. The van der Waals surface area contributed by atoms with Crippen molar-refractivity contribution in [1.29, 1.82) is 0 Å². The standard InChI is InChI=1S/C11H13F3N2O3S/c1-7(2)16-6-5-8-3-4-9(15-10(8)16)19-20(17,18)11(12,13)14/h3-4,7H,5-6H2,1-2H3. The number of alkyl halides is 3. The molecule has 0 amide bonds. The molecule has 0 atom stereocenters. The Labute approximate surface area is 114 Å². The summed E-state index contributed by atoms with van der Waals surface area (Å²) in [5.41, 5.74) is -4.61. The normalized spacial score (nSPS) is 15.6. The zero-order chi connectivity index (χ0) is 15.1. The molecule has 0 saturated carbocycles. The molecule has 2 rings (SSSR count). The van der Waals surface area contributed by atoms with Gasteiger partial charge in [-0.2, -0.15) is 26.6 Å². The van der Waals surface area contributed by atoms with Crippen molar-refractivity contribution in [3.05, 3.63) is 17.7 Å². The summed E-state index contributed by atoms with van der Waals surface area (Å²) in [5.74, 6) is -0.108. The fourth-order valence-electron chi connectivity index (χ4n) is 1.96. The SMILES string of the molecule is CC(C)N1CCc2ccc(OS(=O)(=O)C(F)(F)F)nc21. The van der Waals surface area contributed by atoms with Crippen LogP contribution in [0.2, 0.25) is 0 Å². The van der Waals surface area contributed by atoms with E-state index in [-0.39, 0.29) is 6.04 Å². The highest BCUT2D eigenvalue weighted by molar-refractivity contribution is 7.87. The predicted molar refractivity (Wildman–Crippen MR) is 66.0 cm³/mol. The van der Waals surface area contributed by atoms with Gasteiger partial charge in [0.2, 0.25) is 5.88 Å². The highest BCUT2D eigenvalue weighted by Gasteiger charge is 2.49. The molecule has 1 aromatic rings. The monoisotopic (exact) mass is 310 g/mol. The van der Waals surface area contributed by atoms with Gasteiger partial charge in [-0.3, -0.25) is 0 Å². The van der Waals surface area contributed by atoms with Crippen LogP contribution >= 0.6 is 0 Å². The number of fused-ring (bicyclic) bond motifs is 1. The summed E-state index contributed by atoms with van der Waals surface area (Å²) < 4.78 is 62.6. The summed E-state index contributed by atoms with van der Waals surface area (Å²) in [6.07, 6.45) is 0.715. The van der Waals surface area contributed by atoms with Crippen molar-refractivity contribution in [3.8, 4) is 5.88 Å². The number of hydrogen-bond acceptors (Lipinski definition) is 5. The molecular weight excluding hydrogens is 297 g/mol. The molecule has 0 N–H and O–H groups in total. The first kappa shape index (κ1) is 14.9. The van der Waals surface area contributed by atoms with E-state index in [4.69, 9.17) is 0 Å². The van der Waals surface area contributed by atoms with Crippen LogP contribution in [-0.2, 0) is 16.5 Å². The van der Waals surface area contributed by atoms with Gasteiger partial charge in [0.1, 0.15) is 5.82 Å². The van der Waals surface area contributed by atoms with Crippen LogP contribution in [0, 0.1) is 0 Å². The minimum absolute atomic E-state index is 0.109. The molecule has 2 heterocycles. The van der Waals surface area contributed by atoms with Gasteiger partial charge in [-0.05, 0) is 31.9 Å². The maximum absolute atomic E-state index is 12.2. The van der Waals surface area contributed by atoms with Crippen molar-refractivity contribution in [1.82, 2.24) is 4.98 Å². The van der Waals surface area contributed by atoms with Gasteiger partial charge >= 0.3 is 15.6 Å². The third-order valence-corrected chi connectivity index (χ3v) is 3.88. The van der Waals surface area contributed by atoms with Crippen LogP contribution in [0.1, 0.15) is 19.4 Å². The lowest BCUT2D eigenvalue weighted by Gasteiger charge is -2.22. The molecule has 1 aliphatic heterocycles. The molecule has 0 fully saturated rings. The Morgan fingerprint density at radius 3 is 2.55 bits per heavy atom. The molecule has 9 heteroatoms. The number of halogens is 3. The van der Waals surface area contributed by atoms with Crippen LogP contribution in [0.3, 0.4) is 0 Å². The highest BCUT2D eigenvalue weighted by Crippen LogP contribution is 2.32. The molecule has 112 valence electrons. The Balaban J connectivity index is 2.31. The number of rotatable bonds is 3. The molecule has 20 heavy (non-hydrogen) atoms. The Kier molecular flexibility index (Phi) is 3.57. The first-order valence-corrected chi connectivity index (χ1v) is 7.30. The van der Waals surface area contributed by atoms with E-state index in [1.807, 2.05) is 18.7 Å². The molecule has 5 nitrogen and oxygen atoms in total. The van der Waals surface area contributed by atoms with Crippen molar-refractivity contribution in [2.45, 2.75) is 31.8 Å². The second-order valence-electron chi connectivity index (χ2n) is 4.65. The van der Waals surface area contributed by atoms with E-state index in [9.17, 15) is 21.6 Å². The van der Waals surface area contributed by atoms with Crippen molar-refractivity contribution >= 4 is 15.9 Å². The first-order chi connectivity index (χ1) is 9.12. The van der Waals surface area contributed by atoms with Gasteiger partial charge in [0.15, 0.2) is 0 Å². The summed E-state index contributed by atoms with van der Waals surface area (Å²) in [5, 5.41) is 0. The molecule has 0 radical (unpaired) electrons. The lowest BCUT2D eigenvalue weighted by Crippen LogP contribution is -2.30. The molecule has 0 spiro atoms. The van der Waals surface area contributed by atoms with Crippen LogP contribution in [-0.4, -0.2) is 31.5 Å². The third-order valence-electron chi connectivity index (χ3n) is 2.93. The smallest absolute Gasteiger partial charge is 0.355 e. The molecule has 1 aromatic heterocycles. The van der Waals surface area contributed by atoms with E-state index in [0.29, 0.717) is 18.8 Å². The Morgan fingerprint density at radius 1 is 1.35 bits per heavy atom. The Hall–Kier alpha value is -1.51. The number of hydrogen-bond donors (Lipinski definition) is 0. The zero-order valence-corrected chi connectivity index (χ0v) is 11.6. The number of aromatic nitrogens is 1. The third kappa shape index (κ3) is 2.67. The molecule has 0 aromatic carbocycles. The van der Waals surface area contributed by atoms with Gasteiger partial charge in [-0.15, -0.1) is 0 Å². The van der Waals surface area contributed by atoms with Crippen molar-refractivity contribution in [3.63, 3.8) is 0 Å². The lowest BCUT2D eigenvalue weighted by atomic mass is 10.2. The first-order valence-electron chi connectivity index (χ1n) is 5.89. The molecule has 1 aliphatic rings. The van der Waals surface area contributed by atoms with E-state index in [1.54, 1.807) is 0 Å². The minimum Gasteiger partial charge on any atom is -0.355 e. The van der Waals surface area contributed by atoms with Crippen LogP contribution < -0.4 is 9.08 Å². The van der Waals surface area contributed by atoms with Crippen LogP contribution in [0.5, 0.6) is 5.88 Å². The lowest BCUT2D eigenvalue weighted by molar-refractivity contribution is -0.0501. The van der Waals surface area contributed by atoms with Crippen molar-refractivity contribution < 1.29 is 25.8 Å². The number of anilines is 1. The highest BCUT2D eigenvalue weighted by atomic mass is 32.2. The van der Waals surface area contributed by atoms with Gasteiger partial charge in [0.05, 0.1) is 0 Å². The van der Waals surface area contributed by atoms with Gasteiger partial charge in [-0.1, -0.05) is 0 Å². The van der Waals surface area contributed by atoms with Gasteiger partial charge < -0.3 is 9.08 Å². The minimum atomic E-state index is -5.69. The fourth-order valence-corrected chi connectivity index (χ4v) is 2.37. The quantitative estimate of drug-likeness (QED) is 0.632. The van der Waals surface area contributed by atoms with Crippen LogP contribution in [0.4, 0.5) is 19.0 Å².